The molecular formula is C30H40N4O4. The highest BCUT2D eigenvalue weighted by molar-refractivity contribution is 6.29. The molecule has 0 fully saturated rings. The molecule has 38 heavy (non-hydrogen) atoms. The number of anilines is 2. The molecule has 0 saturated carbocycles. The molecule has 0 unspecified atom stereocenters. The molecule has 0 radical (unpaired) electrons. The lowest BCUT2D eigenvalue weighted by Crippen LogP contribution is -2.29. The van der Waals surface area contributed by atoms with Gasteiger partial charge in [0, 0.05) is 33.6 Å². The normalized spacial score (nSPS) is 12.2. The molecule has 0 bridgehead atoms. The Morgan fingerprint density at radius 1 is 0.579 bits per heavy atom. The van der Waals surface area contributed by atoms with E-state index < -0.39 is 0 Å². The SMILES string of the molecule is CCCCCCNCC(=O)Nc1ccc2c(c1)C(=O)c1ccc(NC(=O)CNCCCCCC)cc1C2=O. The Morgan fingerprint density at radius 3 is 1.39 bits per heavy atom. The molecule has 204 valence electrons. The largest absolute Gasteiger partial charge is 0.325 e. The summed E-state index contributed by atoms with van der Waals surface area (Å²) in [5.74, 6) is -0.977. The van der Waals surface area contributed by atoms with E-state index in [0.29, 0.717) is 11.4 Å². The van der Waals surface area contributed by atoms with Crippen molar-refractivity contribution in [2.75, 3.05) is 36.8 Å². The summed E-state index contributed by atoms with van der Waals surface area (Å²) < 4.78 is 0. The van der Waals surface area contributed by atoms with Crippen molar-refractivity contribution in [3.63, 3.8) is 0 Å². The standard InChI is InChI=1S/C30H40N4O4/c1-3-5-7-9-15-31-19-27(35)33-21-11-13-23-25(17-21)29(37)24-14-12-22(18-26(24)30(23)38)34-28(36)20-32-16-10-8-6-4-2/h11-14,17-18,31-32H,3-10,15-16,19-20H2,1-2H3,(H,33,35)(H,34,36). The number of ketones is 2. The molecule has 8 heteroatoms. The van der Waals surface area contributed by atoms with E-state index in [0.717, 1.165) is 38.8 Å². The molecule has 0 spiro atoms. The van der Waals surface area contributed by atoms with E-state index in [-0.39, 0.29) is 58.7 Å². The molecule has 3 rings (SSSR count). The van der Waals surface area contributed by atoms with Gasteiger partial charge in [-0.3, -0.25) is 19.2 Å². The van der Waals surface area contributed by atoms with E-state index in [9.17, 15) is 19.2 Å². The molecule has 0 saturated heterocycles. The van der Waals surface area contributed by atoms with E-state index >= 15 is 0 Å². The molecule has 0 aliphatic heterocycles. The minimum Gasteiger partial charge on any atom is -0.325 e. The molecule has 0 atom stereocenters. The summed E-state index contributed by atoms with van der Waals surface area (Å²) in [6, 6.07) is 9.51. The summed E-state index contributed by atoms with van der Waals surface area (Å²) in [5, 5.41) is 11.9. The van der Waals surface area contributed by atoms with Crippen LogP contribution >= 0.6 is 0 Å². The van der Waals surface area contributed by atoms with Gasteiger partial charge in [-0.15, -0.1) is 0 Å². The molecule has 1 aliphatic carbocycles. The number of hydrogen-bond donors (Lipinski definition) is 4. The Morgan fingerprint density at radius 2 is 1.00 bits per heavy atom. The summed E-state index contributed by atoms with van der Waals surface area (Å²) in [6.07, 6.45) is 9.03. The Hall–Kier alpha value is -3.36. The van der Waals surface area contributed by atoms with Crippen molar-refractivity contribution in [2.24, 2.45) is 0 Å². The quantitative estimate of drug-likeness (QED) is 0.204. The van der Waals surface area contributed by atoms with E-state index in [1.54, 1.807) is 36.4 Å². The van der Waals surface area contributed by atoms with Gasteiger partial charge >= 0.3 is 0 Å². The lowest BCUT2D eigenvalue weighted by molar-refractivity contribution is -0.116. The molecule has 2 aromatic carbocycles. The fourth-order valence-electron chi connectivity index (χ4n) is 4.47. The minimum atomic E-state index is -0.286. The third kappa shape index (κ3) is 8.33. The molecule has 8 nitrogen and oxygen atoms in total. The molecule has 0 heterocycles. The smallest absolute Gasteiger partial charge is 0.238 e. The summed E-state index contributed by atoms with van der Waals surface area (Å²) in [6.45, 7) is 6.23. The van der Waals surface area contributed by atoms with E-state index in [2.05, 4.69) is 35.1 Å². The van der Waals surface area contributed by atoms with Crippen LogP contribution in [0.1, 0.15) is 97.1 Å². The zero-order valence-electron chi connectivity index (χ0n) is 22.6. The number of amides is 2. The van der Waals surface area contributed by atoms with Crippen LogP contribution in [-0.2, 0) is 9.59 Å². The number of carbonyl (C=O) groups is 4. The van der Waals surface area contributed by atoms with Gasteiger partial charge < -0.3 is 21.3 Å². The van der Waals surface area contributed by atoms with Gasteiger partial charge in [0.2, 0.25) is 11.8 Å². The van der Waals surface area contributed by atoms with Crippen LogP contribution in [0.3, 0.4) is 0 Å². The van der Waals surface area contributed by atoms with Crippen LogP contribution in [0.15, 0.2) is 36.4 Å². The van der Waals surface area contributed by atoms with Crippen molar-refractivity contribution in [1.82, 2.24) is 10.6 Å². The Balaban J connectivity index is 1.57. The van der Waals surface area contributed by atoms with Crippen molar-refractivity contribution < 1.29 is 19.2 Å². The second-order valence-electron chi connectivity index (χ2n) is 9.75. The van der Waals surface area contributed by atoms with Gasteiger partial charge in [0.25, 0.3) is 0 Å². The fraction of sp³-hybridized carbons (Fsp3) is 0.467. The second-order valence-corrected chi connectivity index (χ2v) is 9.75. The molecule has 1 aliphatic rings. The molecule has 0 aromatic heterocycles. The van der Waals surface area contributed by atoms with Gasteiger partial charge in [0.05, 0.1) is 13.1 Å². The monoisotopic (exact) mass is 520 g/mol. The first-order valence-electron chi connectivity index (χ1n) is 13.8. The topological polar surface area (TPSA) is 116 Å². The number of benzene rings is 2. The van der Waals surface area contributed by atoms with Gasteiger partial charge in [0.1, 0.15) is 0 Å². The highest BCUT2D eigenvalue weighted by Crippen LogP contribution is 2.31. The number of fused-ring (bicyclic) bond motifs is 2. The Labute approximate surface area is 225 Å². The summed E-state index contributed by atoms with van der Waals surface area (Å²) in [5.41, 5.74) is 2.03. The van der Waals surface area contributed by atoms with Gasteiger partial charge in [-0.25, -0.2) is 0 Å². The average Bonchev–Trinajstić information content (AvgIpc) is 2.91. The molecule has 2 aromatic rings. The number of rotatable bonds is 16. The predicted molar refractivity (Wildman–Crippen MR) is 151 cm³/mol. The first-order valence-corrected chi connectivity index (χ1v) is 13.8. The van der Waals surface area contributed by atoms with Gasteiger partial charge in [-0.2, -0.15) is 0 Å². The van der Waals surface area contributed by atoms with Crippen molar-refractivity contribution in [3.05, 3.63) is 58.7 Å². The van der Waals surface area contributed by atoms with E-state index in [1.807, 2.05) is 0 Å². The van der Waals surface area contributed by atoms with E-state index in [1.165, 1.54) is 25.7 Å². The van der Waals surface area contributed by atoms with Crippen LogP contribution in [0.4, 0.5) is 11.4 Å². The van der Waals surface area contributed by atoms with Gasteiger partial charge in [-0.1, -0.05) is 52.4 Å². The zero-order valence-corrected chi connectivity index (χ0v) is 22.6. The Bertz CT molecular complexity index is 1060. The fourth-order valence-corrected chi connectivity index (χ4v) is 4.47. The van der Waals surface area contributed by atoms with Crippen molar-refractivity contribution in [3.8, 4) is 0 Å². The van der Waals surface area contributed by atoms with Crippen molar-refractivity contribution in [2.45, 2.75) is 65.2 Å². The first kappa shape index (κ1) is 29.2. The first-order chi connectivity index (χ1) is 18.4. The molecule has 4 N–H and O–H groups in total. The lowest BCUT2D eigenvalue weighted by Gasteiger charge is -2.19. The minimum absolute atomic E-state index is 0.182. The molecule has 2 amide bonds. The number of nitrogens with one attached hydrogen (secondary N) is 4. The predicted octanol–water partition coefficient (Wildman–Crippen LogP) is 4.68. The van der Waals surface area contributed by atoms with Crippen molar-refractivity contribution in [1.29, 1.82) is 0 Å². The summed E-state index contributed by atoms with van der Waals surface area (Å²) in [7, 11) is 0. The Kier molecular flexibility index (Phi) is 11.6. The molecular weight excluding hydrogens is 480 g/mol. The summed E-state index contributed by atoms with van der Waals surface area (Å²) >= 11 is 0. The number of hydrogen-bond acceptors (Lipinski definition) is 6. The number of unbranched alkanes of at least 4 members (excludes halogenated alkanes) is 6. The van der Waals surface area contributed by atoms with Crippen LogP contribution in [0.5, 0.6) is 0 Å². The van der Waals surface area contributed by atoms with Crippen LogP contribution in [0, 0.1) is 0 Å². The maximum absolute atomic E-state index is 13.2. The number of carbonyl (C=O) groups excluding carboxylic acids is 4. The van der Waals surface area contributed by atoms with Crippen molar-refractivity contribution >= 4 is 34.8 Å². The lowest BCUT2D eigenvalue weighted by atomic mass is 9.83. The average molecular weight is 521 g/mol. The third-order valence-electron chi connectivity index (χ3n) is 6.57. The third-order valence-corrected chi connectivity index (χ3v) is 6.57. The second kappa shape index (κ2) is 15.1. The maximum atomic E-state index is 13.2. The van der Waals surface area contributed by atoms with Crippen LogP contribution in [0.25, 0.3) is 0 Å². The van der Waals surface area contributed by atoms with E-state index in [4.69, 9.17) is 0 Å². The highest BCUT2D eigenvalue weighted by atomic mass is 16.2. The van der Waals surface area contributed by atoms with Crippen LogP contribution < -0.4 is 21.3 Å². The highest BCUT2D eigenvalue weighted by Gasteiger charge is 2.30. The maximum Gasteiger partial charge on any atom is 0.238 e. The van der Waals surface area contributed by atoms with Crippen LogP contribution in [-0.4, -0.2) is 49.6 Å². The summed E-state index contributed by atoms with van der Waals surface area (Å²) in [4.78, 5) is 51.0. The van der Waals surface area contributed by atoms with Gasteiger partial charge in [0.15, 0.2) is 11.6 Å². The van der Waals surface area contributed by atoms with Crippen LogP contribution in [0.2, 0.25) is 0 Å². The zero-order chi connectivity index (χ0) is 27.3. The van der Waals surface area contributed by atoms with Gasteiger partial charge in [-0.05, 0) is 62.3 Å².